The van der Waals surface area contributed by atoms with E-state index in [-0.39, 0.29) is 0 Å². The van der Waals surface area contributed by atoms with Crippen LogP contribution in [-0.2, 0) is 0 Å². The lowest BCUT2D eigenvalue weighted by Gasteiger charge is -2.19. The summed E-state index contributed by atoms with van der Waals surface area (Å²) in [6.07, 6.45) is 1.25. The third-order valence-electron chi connectivity index (χ3n) is 2.73. The van der Waals surface area contributed by atoms with Gasteiger partial charge in [0.25, 0.3) is 0 Å². The van der Waals surface area contributed by atoms with Crippen molar-refractivity contribution in [2.75, 3.05) is 11.9 Å². The van der Waals surface area contributed by atoms with E-state index in [9.17, 15) is 5.11 Å². The van der Waals surface area contributed by atoms with E-state index in [1.165, 1.54) is 0 Å². The summed E-state index contributed by atoms with van der Waals surface area (Å²) < 4.78 is 0. The molecule has 0 fully saturated rings. The Morgan fingerprint density at radius 1 is 1.06 bits per heavy atom. The molecule has 0 aliphatic rings. The van der Waals surface area contributed by atoms with Crippen LogP contribution in [0, 0.1) is 0 Å². The fourth-order valence-corrected chi connectivity index (χ4v) is 1.64. The van der Waals surface area contributed by atoms with Crippen LogP contribution in [0.2, 0.25) is 0 Å². The first kappa shape index (κ1) is 11.6. The summed E-state index contributed by atoms with van der Waals surface area (Å²) in [5, 5.41) is 9.39. The number of anilines is 2. The molecule has 2 rings (SSSR count). The third-order valence-corrected chi connectivity index (χ3v) is 2.73. The fourth-order valence-electron chi connectivity index (χ4n) is 1.64. The second-order valence-electron chi connectivity index (χ2n) is 4.01. The quantitative estimate of drug-likeness (QED) is 0.877. The van der Waals surface area contributed by atoms with Crippen molar-refractivity contribution >= 4 is 11.4 Å². The molecule has 1 aromatic heterocycles. The topological polar surface area (TPSA) is 36.4 Å². The van der Waals surface area contributed by atoms with Crippen molar-refractivity contribution in [1.29, 1.82) is 0 Å². The summed E-state index contributed by atoms with van der Waals surface area (Å²) in [6.45, 7) is 1.71. The van der Waals surface area contributed by atoms with E-state index >= 15 is 0 Å². The molecule has 0 aliphatic heterocycles. The summed E-state index contributed by atoms with van der Waals surface area (Å²) >= 11 is 0. The van der Waals surface area contributed by atoms with E-state index in [0.29, 0.717) is 5.69 Å². The maximum absolute atomic E-state index is 9.39. The average Bonchev–Trinajstić information content (AvgIpc) is 2.39. The maximum atomic E-state index is 9.39. The highest BCUT2D eigenvalue weighted by molar-refractivity contribution is 5.61. The number of hydrogen-bond donors (Lipinski definition) is 1. The molecule has 1 atom stereocenters. The van der Waals surface area contributed by atoms with Gasteiger partial charge in [0.2, 0.25) is 0 Å². The first-order valence-electron chi connectivity index (χ1n) is 5.61. The Kier molecular flexibility index (Phi) is 3.40. The van der Waals surface area contributed by atoms with Crippen LogP contribution < -0.4 is 4.90 Å². The SMILES string of the molecule is C[C@H](O)c1ccc(N(C)c2ccccc2)cn1. The number of aliphatic hydroxyl groups is 1. The predicted octanol–water partition coefficient (Wildman–Crippen LogP) is 2.90. The van der Waals surface area contributed by atoms with Gasteiger partial charge in [-0.3, -0.25) is 4.98 Å². The van der Waals surface area contributed by atoms with Gasteiger partial charge in [-0.1, -0.05) is 18.2 Å². The van der Waals surface area contributed by atoms with Crippen molar-refractivity contribution in [3.05, 3.63) is 54.4 Å². The highest BCUT2D eigenvalue weighted by Crippen LogP contribution is 2.23. The van der Waals surface area contributed by atoms with Crippen molar-refractivity contribution in [2.24, 2.45) is 0 Å². The summed E-state index contributed by atoms with van der Waals surface area (Å²) in [5.74, 6) is 0. The zero-order valence-corrected chi connectivity index (χ0v) is 10.0. The molecule has 88 valence electrons. The van der Waals surface area contributed by atoms with Crippen molar-refractivity contribution in [3.63, 3.8) is 0 Å². The van der Waals surface area contributed by atoms with Gasteiger partial charge in [0, 0.05) is 12.7 Å². The second kappa shape index (κ2) is 4.97. The lowest BCUT2D eigenvalue weighted by atomic mass is 10.2. The Bertz CT molecular complexity index is 465. The lowest BCUT2D eigenvalue weighted by molar-refractivity contribution is 0.194. The number of aromatic nitrogens is 1. The van der Waals surface area contributed by atoms with Crippen molar-refractivity contribution in [1.82, 2.24) is 4.98 Å². The normalized spacial score (nSPS) is 12.2. The maximum Gasteiger partial charge on any atom is 0.0931 e. The van der Waals surface area contributed by atoms with E-state index in [4.69, 9.17) is 0 Å². The number of hydrogen-bond acceptors (Lipinski definition) is 3. The molecule has 1 heterocycles. The minimum atomic E-state index is -0.522. The monoisotopic (exact) mass is 228 g/mol. The van der Waals surface area contributed by atoms with Gasteiger partial charge in [0.15, 0.2) is 0 Å². The van der Waals surface area contributed by atoms with Crippen LogP contribution in [0.4, 0.5) is 11.4 Å². The van der Waals surface area contributed by atoms with E-state index in [1.54, 1.807) is 13.1 Å². The van der Waals surface area contributed by atoms with Gasteiger partial charge < -0.3 is 10.0 Å². The van der Waals surface area contributed by atoms with E-state index < -0.39 is 6.10 Å². The van der Waals surface area contributed by atoms with Crippen LogP contribution in [0.15, 0.2) is 48.7 Å². The zero-order valence-electron chi connectivity index (χ0n) is 10.0. The van der Waals surface area contributed by atoms with Crippen molar-refractivity contribution in [3.8, 4) is 0 Å². The fraction of sp³-hybridized carbons (Fsp3) is 0.214. The Balaban J connectivity index is 2.23. The van der Waals surface area contributed by atoms with Crippen molar-refractivity contribution < 1.29 is 5.11 Å². The van der Waals surface area contributed by atoms with Gasteiger partial charge in [-0.05, 0) is 31.2 Å². The van der Waals surface area contributed by atoms with E-state index in [0.717, 1.165) is 11.4 Å². The smallest absolute Gasteiger partial charge is 0.0931 e. The molecular formula is C14H16N2O. The lowest BCUT2D eigenvalue weighted by Crippen LogP contribution is -2.10. The highest BCUT2D eigenvalue weighted by Gasteiger charge is 2.06. The summed E-state index contributed by atoms with van der Waals surface area (Å²) in [4.78, 5) is 6.29. The van der Waals surface area contributed by atoms with Crippen LogP contribution in [0.1, 0.15) is 18.7 Å². The Labute approximate surface area is 101 Å². The van der Waals surface area contributed by atoms with Crippen LogP contribution in [0.5, 0.6) is 0 Å². The van der Waals surface area contributed by atoms with E-state index in [1.807, 2.05) is 49.5 Å². The number of benzene rings is 1. The highest BCUT2D eigenvalue weighted by atomic mass is 16.3. The molecule has 0 saturated carbocycles. The number of para-hydroxylation sites is 1. The Morgan fingerprint density at radius 3 is 2.29 bits per heavy atom. The Morgan fingerprint density at radius 2 is 1.76 bits per heavy atom. The minimum absolute atomic E-state index is 0.522. The van der Waals surface area contributed by atoms with Gasteiger partial charge in [-0.25, -0.2) is 0 Å². The van der Waals surface area contributed by atoms with Gasteiger partial charge in [0.1, 0.15) is 0 Å². The van der Waals surface area contributed by atoms with Gasteiger partial charge >= 0.3 is 0 Å². The minimum Gasteiger partial charge on any atom is -0.387 e. The van der Waals surface area contributed by atoms with Gasteiger partial charge in [0.05, 0.1) is 23.7 Å². The van der Waals surface area contributed by atoms with Crippen LogP contribution in [0.3, 0.4) is 0 Å². The number of aliphatic hydroxyl groups excluding tert-OH is 1. The molecule has 1 N–H and O–H groups in total. The molecule has 0 unspecified atom stereocenters. The summed E-state index contributed by atoms with van der Waals surface area (Å²) in [6, 6.07) is 13.9. The third kappa shape index (κ3) is 2.63. The standard InChI is InChI=1S/C14H16N2O/c1-11(17)14-9-8-13(10-15-14)16(2)12-6-4-3-5-7-12/h3-11,17H,1-2H3/t11-/m0/s1. The van der Waals surface area contributed by atoms with Gasteiger partial charge in [-0.15, -0.1) is 0 Å². The second-order valence-corrected chi connectivity index (χ2v) is 4.01. The molecule has 1 aromatic carbocycles. The van der Waals surface area contributed by atoms with E-state index in [2.05, 4.69) is 9.88 Å². The molecule has 3 nitrogen and oxygen atoms in total. The zero-order chi connectivity index (χ0) is 12.3. The molecule has 2 aromatic rings. The van der Waals surface area contributed by atoms with Crippen LogP contribution in [0.25, 0.3) is 0 Å². The number of rotatable bonds is 3. The largest absolute Gasteiger partial charge is 0.387 e. The summed E-state index contributed by atoms with van der Waals surface area (Å²) in [5.41, 5.74) is 2.80. The predicted molar refractivity (Wildman–Crippen MR) is 69.4 cm³/mol. The summed E-state index contributed by atoms with van der Waals surface area (Å²) in [7, 11) is 1.99. The number of pyridine rings is 1. The molecule has 0 saturated heterocycles. The first-order valence-corrected chi connectivity index (χ1v) is 5.61. The molecule has 0 amide bonds. The van der Waals surface area contributed by atoms with Crippen LogP contribution >= 0.6 is 0 Å². The molecule has 0 spiro atoms. The average molecular weight is 228 g/mol. The first-order chi connectivity index (χ1) is 8.18. The van der Waals surface area contributed by atoms with Gasteiger partial charge in [-0.2, -0.15) is 0 Å². The molecule has 17 heavy (non-hydrogen) atoms. The van der Waals surface area contributed by atoms with Crippen molar-refractivity contribution in [2.45, 2.75) is 13.0 Å². The molecule has 3 heteroatoms. The Hall–Kier alpha value is -1.87. The molecule has 0 bridgehead atoms. The van der Waals surface area contributed by atoms with Crippen LogP contribution in [-0.4, -0.2) is 17.1 Å². The molecule has 0 radical (unpaired) electrons. The molecule has 0 aliphatic carbocycles. The molecular weight excluding hydrogens is 212 g/mol. The number of nitrogens with zero attached hydrogens (tertiary/aromatic N) is 2.